The first-order valence-electron chi connectivity index (χ1n) is 6.57. The molecule has 1 aliphatic rings. The number of rotatable bonds is 7. The van der Waals surface area contributed by atoms with Gasteiger partial charge in [0.15, 0.2) is 0 Å². The zero-order valence-corrected chi connectivity index (χ0v) is 10.9. The third-order valence-electron chi connectivity index (χ3n) is 3.04. The summed E-state index contributed by atoms with van der Waals surface area (Å²) in [5, 5.41) is 2.89. The Balaban J connectivity index is 1.50. The van der Waals surface area contributed by atoms with Crippen molar-refractivity contribution >= 4 is 5.91 Å². The highest BCUT2D eigenvalue weighted by molar-refractivity contribution is 5.81. The summed E-state index contributed by atoms with van der Waals surface area (Å²) >= 11 is 0. The predicted molar refractivity (Wildman–Crippen MR) is 71.2 cm³/mol. The normalized spacial score (nSPS) is 21.7. The topological polar surface area (TPSA) is 77.5 Å². The van der Waals surface area contributed by atoms with Crippen LogP contribution in [0.15, 0.2) is 35.0 Å². The number of hydrogen-bond acceptors (Lipinski definition) is 4. The minimum absolute atomic E-state index is 0.0207. The largest absolute Gasteiger partial charge is 0.467 e. The maximum atomic E-state index is 11.7. The van der Waals surface area contributed by atoms with Gasteiger partial charge in [0.1, 0.15) is 12.4 Å². The first-order valence-corrected chi connectivity index (χ1v) is 6.57. The van der Waals surface area contributed by atoms with Crippen LogP contribution in [0.5, 0.6) is 0 Å². The number of carbonyl (C=O) groups excluding carboxylic acids is 1. The Hall–Kier alpha value is -1.59. The summed E-state index contributed by atoms with van der Waals surface area (Å²) in [5.74, 6) is 0.795. The van der Waals surface area contributed by atoms with Gasteiger partial charge in [-0.25, -0.2) is 0 Å². The molecule has 2 unspecified atom stereocenters. The van der Waals surface area contributed by atoms with E-state index < -0.39 is 0 Å². The molecule has 1 aromatic rings. The lowest BCUT2D eigenvalue weighted by atomic mass is 10.1. The summed E-state index contributed by atoms with van der Waals surface area (Å²) in [4.78, 5) is 11.7. The number of carbonyl (C=O) groups is 1. The second-order valence-electron chi connectivity index (χ2n) is 4.67. The van der Waals surface area contributed by atoms with Crippen molar-refractivity contribution in [3.63, 3.8) is 0 Å². The Morgan fingerprint density at radius 1 is 1.53 bits per heavy atom. The smallest absolute Gasteiger partial charge is 0.226 e. The van der Waals surface area contributed by atoms with Crippen molar-refractivity contribution in [1.29, 1.82) is 0 Å². The van der Waals surface area contributed by atoms with Gasteiger partial charge in [-0.15, -0.1) is 0 Å². The van der Waals surface area contributed by atoms with Crippen molar-refractivity contribution in [2.24, 2.45) is 11.7 Å². The second-order valence-corrected chi connectivity index (χ2v) is 4.67. The Labute approximate surface area is 112 Å². The van der Waals surface area contributed by atoms with Gasteiger partial charge in [-0.1, -0.05) is 12.2 Å². The van der Waals surface area contributed by atoms with E-state index in [4.69, 9.17) is 14.9 Å². The van der Waals surface area contributed by atoms with E-state index in [0.29, 0.717) is 26.2 Å². The molecule has 2 rings (SSSR count). The van der Waals surface area contributed by atoms with Crippen molar-refractivity contribution in [2.75, 3.05) is 13.2 Å². The van der Waals surface area contributed by atoms with Gasteiger partial charge in [-0.3, -0.25) is 4.79 Å². The summed E-state index contributed by atoms with van der Waals surface area (Å²) in [6, 6.07) is 3.73. The molecule has 1 aliphatic carbocycles. The molecule has 0 saturated carbocycles. The zero-order valence-electron chi connectivity index (χ0n) is 10.9. The molecule has 5 nitrogen and oxygen atoms in total. The molecule has 1 aromatic heterocycles. The highest BCUT2D eigenvalue weighted by atomic mass is 16.5. The van der Waals surface area contributed by atoms with E-state index in [1.165, 1.54) is 0 Å². The SMILES string of the molecule is NC1C=CC(C(=O)NCCCOCc2ccco2)C1. The van der Waals surface area contributed by atoms with Crippen molar-refractivity contribution < 1.29 is 13.9 Å². The Kier molecular flexibility index (Phi) is 5.18. The molecule has 2 atom stereocenters. The molecule has 0 aliphatic heterocycles. The number of nitrogens with two attached hydrogens (primary N) is 1. The summed E-state index contributed by atoms with van der Waals surface area (Å²) in [7, 11) is 0. The molecule has 1 heterocycles. The van der Waals surface area contributed by atoms with Gasteiger partial charge >= 0.3 is 0 Å². The number of ether oxygens (including phenoxy) is 1. The van der Waals surface area contributed by atoms with E-state index in [-0.39, 0.29) is 17.9 Å². The number of hydrogen-bond donors (Lipinski definition) is 2. The molecule has 0 bridgehead atoms. The van der Waals surface area contributed by atoms with Crippen LogP contribution in [0.2, 0.25) is 0 Å². The molecule has 0 saturated heterocycles. The molecule has 19 heavy (non-hydrogen) atoms. The lowest BCUT2D eigenvalue weighted by molar-refractivity contribution is -0.123. The van der Waals surface area contributed by atoms with Crippen LogP contribution in [0.3, 0.4) is 0 Å². The summed E-state index contributed by atoms with van der Waals surface area (Å²) in [6.07, 6.45) is 6.89. The third-order valence-corrected chi connectivity index (χ3v) is 3.04. The van der Waals surface area contributed by atoms with E-state index in [0.717, 1.165) is 12.2 Å². The average molecular weight is 264 g/mol. The summed E-state index contributed by atoms with van der Waals surface area (Å²) in [6.45, 7) is 1.69. The second kappa shape index (κ2) is 7.11. The molecule has 5 heteroatoms. The molecular formula is C14H20N2O3. The van der Waals surface area contributed by atoms with Gasteiger partial charge in [-0.05, 0) is 25.0 Å². The van der Waals surface area contributed by atoms with Gasteiger partial charge in [-0.2, -0.15) is 0 Å². The molecule has 104 valence electrons. The van der Waals surface area contributed by atoms with Crippen LogP contribution in [0, 0.1) is 5.92 Å². The zero-order chi connectivity index (χ0) is 13.5. The fourth-order valence-electron chi connectivity index (χ4n) is 2.01. The highest BCUT2D eigenvalue weighted by Gasteiger charge is 2.21. The predicted octanol–water partition coefficient (Wildman–Crippen LogP) is 1.21. The Morgan fingerprint density at radius 2 is 2.42 bits per heavy atom. The van der Waals surface area contributed by atoms with E-state index >= 15 is 0 Å². The molecule has 0 aromatic carbocycles. The molecule has 1 amide bonds. The lowest BCUT2D eigenvalue weighted by Crippen LogP contribution is -2.31. The van der Waals surface area contributed by atoms with Crippen molar-refractivity contribution in [1.82, 2.24) is 5.32 Å². The van der Waals surface area contributed by atoms with Gasteiger partial charge in [0, 0.05) is 19.2 Å². The minimum atomic E-state index is -0.0703. The third kappa shape index (κ3) is 4.54. The van der Waals surface area contributed by atoms with Crippen LogP contribution < -0.4 is 11.1 Å². The Bertz CT molecular complexity index is 414. The fraction of sp³-hybridized carbons (Fsp3) is 0.500. The van der Waals surface area contributed by atoms with Gasteiger partial charge in [0.25, 0.3) is 0 Å². The van der Waals surface area contributed by atoms with Gasteiger partial charge in [0.2, 0.25) is 5.91 Å². The van der Waals surface area contributed by atoms with Crippen LogP contribution in [0.1, 0.15) is 18.6 Å². The summed E-state index contributed by atoms with van der Waals surface area (Å²) < 4.78 is 10.6. The summed E-state index contributed by atoms with van der Waals surface area (Å²) in [5.41, 5.74) is 5.71. The molecular weight excluding hydrogens is 244 g/mol. The fourth-order valence-corrected chi connectivity index (χ4v) is 2.01. The maximum Gasteiger partial charge on any atom is 0.226 e. The minimum Gasteiger partial charge on any atom is -0.467 e. The monoisotopic (exact) mass is 264 g/mol. The van der Waals surface area contributed by atoms with E-state index in [1.807, 2.05) is 24.3 Å². The molecule has 0 spiro atoms. The van der Waals surface area contributed by atoms with Crippen molar-refractivity contribution in [2.45, 2.75) is 25.5 Å². The number of nitrogens with one attached hydrogen (secondary N) is 1. The van der Waals surface area contributed by atoms with E-state index in [2.05, 4.69) is 5.32 Å². The van der Waals surface area contributed by atoms with Crippen LogP contribution >= 0.6 is 0 Å². The van der Waals surface area contributed by atoms with Crippen LogP contribution in [0.4, 0.5) is 0 Å². The lowest BCUT2D eigenvalue weighted by Gasteiger charge is -2.10. The van der Waals surface area contributed by atoms with E-state index in [9.17, 15) is 4.79 Å². The number of furan rings is 1. The standard InChI is InChI=1S/C14H20N2O3/c15-12-5-4-11(9-12)14(17)16-6-2-7-18-10-13-3-1-8-19-13/h1,3-5,8,11-12H,2,6-7,9-10,15H2,(H,16,17). The molecule has 0 fully saturated rings. The molecule has 3 N–H and O–H groups in total. The number of amides is 1. The first kappa shape index (κ1) is 13.8. The Morgan fingerprint density at radius 3 is 3.11 bits per heavy atom. The van der Waals surface area contributed by atoms with Gasteiger partial charge < -0.3 is 20.2 Å². The van der Waals surface area contributed by atoms with Gasteiger partial charge in [0.05, 0.1) is 12.2 Å². The average Bonchev–Trinajstić information content (AvgIpc) is 3.04. The highest BCUT2D eigenvalue weighted by Crippen LogP contribution is 2.16. The maximum absolute atomic E-state index is 11.7. The van der Waals surface area contributed by atoms with Crippen LogP contribution in [-0.2, 0) is 16.1 Å². The quantitative estimate of drug-likeness (QED) is 0.573. The van der Waals surface area contributed by atoms with Crippen molar-refractivity contribution in [3.8, 4) is 0 Å². The first-order chi connectivity index (χ1) is 9.25. The van der Waals surface area contributed by atoms with Crippen LogP contribution in [-0.4, -0.2) is 25.1 Å². The van der Waals surface area contributed by atoms with Crippen molar-refractivity contribution in [3.05, 3.63) is 36.3 Å². The van der Waals surface area contributed by atoms with E-state index in [1.54, 1.807) is 6.26 Å². The van der Waals surface area contributed by atoms with Crippen LogP contribution in [0.25, 0.3) is 0 Å². The molecule has 0 radical (unpaired) electrons.